The van der Waals surface area contributed by atoms with E-state index in [0.29, 0.717) is 8.95 Å². The van der Waals surface area contributed by atoms with Gasteiger partial charge in [0, 0.05) is 23.1 Å². The highest BCUT2D eigenvalue weighted by Crippen LogP contribution is 2.16. The largest absolute Gasteiger partial charge is 0.319 e. The number of alkyl halides is 2. The number of pyridine rings is 1. The van der Waals surface area contributed by atoms with Crippen LogP contribution in [0.15, 0.2) is 38.4 Å². The number of rotatable bonds is 3. The zero-order valence-corrected chi connectivity index (χ0v) is 12.0. The zero-order valence-electron chi connectivity index (χ0n) is 8.86. The fourth-order valence-electron chi connectivity index (χ4n) is 1.48. The van der Waals surface area contributed by atoms with Crippen molar-refractivity contribution >= 4 is 31.9 Å². The maximum Gasteiger partial charge on any atom is 0.319 e. The van der Waals surface area contributed by atoms with Crippen molar-refractivity contribution in [1.29, 1.82) is 0 Å². The van der Waals surface area contributed by atoms with Crippen LogP contribution in [0.3, 0.4) is 0 Å². The Morgan fingerprint density at radius 2 is 2.11 bits per heavy atom. The van der Waals surface area contributed by atoms with Crippen molar-refractivity contribution in [1.82, 2.24) is 14.1 Å². The fraction of sp³-hybridized carbons (Fsp3) is 0.200. The molecule has 0 aliphatic heterocycles. The van der Waals surface area contributed by atoms with Crippen LogP contribution in [-0.4, -0.2) is 14.1 Å². The van der Waals surface area contributed by atoms with Crippen molar-refractivity contribution < 1.29 is 8.78 Å². The van der Waals surface area contributed by atoms with E-state index in [2.05, 4.69) is 36.8 Å². The third kappa shape index (κ3) is 2.69. The van der Waals surface area contributed by atoms with E-state index in [9.17, 15) is 13.6 Å². The Hall–Kier alpha value is -1.02. The molecule has 0 aromatic carbocycles. The van der Waals surface area contributed by atoms with Crippen molar-refractivity contribution in [2.24, 2.45) is 0 Å². The van der Waals surface area contributed by atoms with E-state index < -0.39 is 6.55 Å². The molecule has 0 radical (unpaired) electrons. The Bertz CT molecular complexity index is 624. The van der Waals surface area contributed by atoms with Crippen LogP contribution in [0.25, 0.3) is 0 Å². The molecule has 0 aliphatic rings. The predicted molar refractivity (Wildman–Crippen MR) is 68.7 cm³/mol. The highest BCUT2D eigenvalue weighted by Gasteiger charge is 2.13. The van der Waals surface area contributed by atoms with E-state index >= 15 is 0 Å². The lowest BCUT2D eigenvalue weighted by molar-refractivity contribution is 0.0666. The molecule has 8 heteroatoms. The van der Waals surface area contributed by atoms with E-state index in [0.717, 1.165) is 4.57 Å². The molecule has 18 heavy (non-hydrogen) atoms. The van der Waals surface area contributed by atoms with Crippen molar-refractivity contribution in [3.05, 3.63) is 49.8 Å². The maximum atomic E-state index is 12.6. The van der Waals surface area contributed by atoms with Crippen LogP contribution >= 0.6 is 31.9 Å². The Kier molecular flexibility index (Phi) is 3.96. The smallest absolute Gasteiger partial charge is 0.306 e. The highest BCUT2D eigenvalue weighted by atomic mass is 79.9. The quantitative estimate of drug-likeness (QED) is 0.818. The third-order valence-electron chi connectivity index (χ3n) is 2.28. The fourth-order valence-corrected chi connectivity index (χ4v) is 2.74. The molecule has 2 heterocycles. The molecular weight excluding hydrogens is 376 g/mol. The van der Waals surface area contributed by atoms with Crippen LogP contribution in [0.4, 0.5) is 8.78 Å². The van der Waals surface area contributed by atoms with Gasteiger partial charge in [-0.15, -0.1) is 0 Å². The van der Waals surface area contributed by atoms with Gasteiger partial charge in [-0.1, -0.05) is 0 Å². The van der Waals surface area contributed by atoms with Gasteiger partial charge >= 0.3 is 6.55 Å². The summed E-state index contributed by atoms with van der Waals surface area (Å²) in [7, 11) is 0. The van der Waals surface area contributed by atoms with Crippen molar-refractivity contribution in [3.63, 3.8) is 0 Å². The molecule has 0 N–H and O–H groups in total. The lowest BCUT2D eigenvalue weighted by Gasteiger charge is -2.09. The molecular formula is C10H7Br2F2N3O. The second-order valence-electron chi connectivity index (χ2n) is 3.47. The van der Waals surface area contributed by atoms with Gasteiger partial charge in [0.15, 0.2) is 0 Å². The summed E-state index contributed by atoms with van der Waals surface area (Å²) in [5, 5.41) is 0. The number of aromatic nitrogens is 3. The van der Waals surface area contributed by atoms with Crippen LogP contribution in [0, 0.1) is 0 Å². The number of hydrogen-bond acceptors (Lipinski definition) is 2. The standard InChI is InChI=1S/C10H7Br2F2N3O/c11-6-3-7(12)9(18)16(4-6)5-8-15-1-2-17(8)10(13)14/h1-4,10H,5H2. The summed E-state index contributed by atoms with van der Waals surface area (Å²) in [6, 6.07) is 1.60. The van der Waals surface area contributed by atoms with Gasteiger partial charge in [0.1, 0.15) is 5.82 Å². The van der Waals surface area contributed by atoms with Crippen LogP contribution in [0.1, 0.15) is 12.4 Å². The molecule has 0 unspecified atom stereocenters. The molecule has 4 nitrogen and oxygen atoms in total. The summed E-state index contributed by atoms with van der Waals surface area (Å²) in [5.41, 5.74) is -0.304. The second kappa shape index (κ2) is 5.31. The molecule has 2 aromatic heterocycles. The van der Waals surface area contributed by atoms with Gasteiger partial charge in [-0.3, -0.25) is 9.36 Å². The number of imidazole rings is 1. The summed E-state index contributed by atoms with van der Waals surface area (Å²) in [6.45, 7) is -2.69. The molecule has 0 amide bonds. The Morgan fingerprint density at radius 1 is 1.39 bits per heavy atom. The van der Waals surface area contributed by atoms with Crippen LogP contribution in [-0.2, 0) is 6.54 Å². The molecule has 0 fully saturated rings. The first-order valence-corrected chi connectivity index (χ1v) is 6.43. The summed E-state index contributed by atoms with van der Waals surface area (Å²) in [4.78, 5) is 15.6. The minimum absolute atomic E-state index is 0.0196. The normalized spacial score (nSPS) is 11.2. The van der Waals surface area contributed by atoms with Crippen LogP contribution < -0.4 is 5.56 Å². The van der Waals surface area contributed by atoms with E-state index in [1.807, 2.05) is 0 Å². The molecule has 0 atom stereocenters. The van der Waals surface area contributed by atoms with Crippen molar-refractivity contribution in [3.8, 4) is 0 Å². The van der Waals surface area contributed by atoms with Crippen LogP contribution in [0.2, 0.25) is 0 Å². The molecule has 0 saturated heterocycles. The van der Waals surface area contributed by atoms with Gasteiger partial charge in [-0.2, -0.15) is 8.78 Å². The second-order valence-corrected chi connectivity index (χ2v) is 5.24. The van der Waals surface area contributed by atoms with E-state index in [4.69, 9.17) is 0 Å². The topological polar surface area (TPSA) is 39.8 Å². The van der Waals surface area contributed by atoms with E-state index in [-0.39, 0.29) is 17.9 Å². The summed E-state index contributed by atoms with van der Waals surface area (Å²) in [6.07, 6.45) is 3.98. The van der Waals surface area contributed by atoms with Gasteiger partial charge in [-0.25, -0.2) is 4.98 Å². The highest BCUT2D eigenvalue weighted by molar-refractivity contribution is 9.11. The average molecular weight is 383 g/mol. The third-order valence-corrected chi connectivity index (χ3v) is 3.28. The van der Waals surface area contributed by atoms with Crippen LogP contribution in [0.5, 0.6) is 0 Å². The molecule has 0 aliphatic carbocycles. The van der Waals surface area contributed by atoms with Gasteiger partial charge in [0.25, 0.3) is 5.56 Å². The van der Waals surface area contributed by atoms with E-state index in [1.165, 1.54) is 23.2 Å². The first-order valence-electron chi connectivity index (χ1n) is 4.84. The first-order chi connectivity index (χ1) is 8.49. The van der Waals surface area contributed by atoms with Crippen molar-refractivity contribution in [2.75, 3.05) is 0 Å². The maximum absolute atomic E-state index is 12.6. The first kappa shape index (κ1) is 13.4. The molecule has 96 valence electrons. The lowest BCUT2D eigenvalue weighted by atomic mass is 10.4. The predicted octanol–water partition coefficient (Wildman–Crippen LogP) is 3.01. The summed E-state index contributed by atoms with van der Waals surface area (Å²) >= 11 is 6.34. The SMILES string of the molecule is O=c1c(Br)cc(Br)cn1Cc1nccn1C(F)F. The number of hydrogen-bond donors (Lipinski definition) is 0. The Balaban J connectivity index is 2.40. The molecule has 2 rings (SSSR count). The Morgan fingerprint density at radius 3 is 2.78 bits per heavy atom. The average Bonchev–Trinajstić information content (AvgIpc) is 2.73. The minimum atomic E-state index is -2.67. The van der Waals surface area contributed by atoms with Gasteiger partial charge < -0.3 is 4.57 Å². The van der Waals surface area contributed by atoms with Crippen molar-refractivity contribution in [2.45, 2.75) is 13.1 Å². The summed E-state index contributed by atoms with van der Waals surface area (Å²) in [5.74, 6) is 0.122. The van der Waals surface area contributed by atoms with Gasteiger partial charge in [0.05, 0.1) is 11.0 Å². The molecule has 0 saturated carbocycles. The molecule has 2 aromatic rings. The zero-order chi connectivity index (χ0) is 13.3. The van der Waals surface area contributed by atoms with E-state index in [1.54, 1.807) is 6.07 Å². The monoisotopic (exact) mass is 381 g/mol. The number of nitrogens with zero attached hydrogens (tertiary/aromatic N) is 3. The van der Waals surface area contributed by atoms with Gasteiger partial charge in [0.2, 0.25) is 0 Å². The lowest BCUT2D eigenvalue weighted by Crippen LogP contribution is -2.22. The minimum Gasteiger partial charge on any atom is -0.306 e. The summed E-state index contributed by atoms with van der Waals surface area (Å²) < 4.78 is 28.3. The van der Waals surface area contributed by atoms with Gasteiger partial charge in [-0.05, 0) is 37.9 Å². The number of halogens is 4. The Labute approximate surface area is 118 Å². The molecule has 0 spiro atoms. The molecule has 0 bridgehead atoms.